The molecular formula is C12H20N2O. The lowest BCUT2D eigenvalue weighted by atomic mass is 10.2. The first-order valence-electron chi connectivity index (χ1n) is 5.56. The summed E-state index contributed by atoms with van der Waals surface area (Å²) in [5, 5.41) is 0. The number of nitrogens with two attached hydrogens (primary N) is 1. The van der Waals surface area contributed by atoms with Gasteiger partial charge < -0.3 is 10.5 Å². The van der Waals surface area contributed by atoms with Crippen LogP contribution in [-0.4, -0.2) is 11.6 Å². The third-order valence-corrected chi connectivity index (χ3v) is 2.31. The second kappa shape index (κ2) is 6.40. The molecule has 1 aromatic heterocycles. The number of hydrogen-bond donors (Lipinski definition) is 1. The van der Waals surface area contributed by atoms with E-state index in [1.807, 2.05) is 13.0 Å². The largest absolute Gasteiger partial charge is 0.493 e. The second-order valence-corrected chi connectivity index (χ2v) is 3.69. The molecule has 0 unspecified atom stereocenters. The van der Waals surface area contributed by atoms with Gasteiger partial charge in [-0.15, -0.1) is 0 Å². The van der Waals surface area contributed by atoms with Gasteiger partial charge in [-0.1, -0.05) is 19.8 Å². The van der Waals surface area contributed by atoms with Gasteiger partial charge in [-0.3, -0.25) is 4.98 Å². The number of aryl methyl sites for hydroxylation is 1. The number of rotatable bonds is 6. The average Bonchev–Trinajstić information content (AvgIpc) is 2.25. The van der Waals surface area contributed by atoms with E-state index in [1.54, 1.807) is 6.20 Å². The van der Waals surface area contributed by atoms with E-state index in [4.69, 9.17) is 10.5 Å². The molecule has 0 aromatic carbocycles. The second-order valence-electron chi connectivity index (χ2n) is 3.69. The van der Waals surface area contributed by atoms with Crippen molar-refractivity contribution in [3.8, 4) is 5.75 Å². The third kappa shape index (κ3) is 3.88. The standard InChI is InChI=1S/C12H20N2O/c1-3-4-5-6-15-12-7-10(2)14-9-11(12)8-13/h7,9H,3-6,8,13H2,1-2H3. The highest BCUT2D eigenvalue weighted by Crippen LogP contribution is 2.18. The molecule has 15 heavy (non-hydrogen) atoms. The van der Waals surface area contributed by atoms with E-state index < -0.39 is 0 Å². The van der Waals surface area contributed by atoms with Gasteiger partial charge in [0.2, 0.25) is 0 Å². The summed E-state index contributed by atoms with van der Waals surface area (Å²) in [6, 6.07) is 1.95. The lowest BCUT2D eigenvalue weighted by Crippen LogP contribution is -2.05. The van der Waals surface area contributed by atoms with Gasteiger partial charge in [0.15, 0.2) is 0 Å². The fourth-order valence-corrected chi connectivity index (χ4v) is 1.38. The molecule has 0 saturated carbocycles. The Labute approximate surface area is 91.7 Å². The molecule has 0 saturated heterocycles. The van der Waals surface area contributed by atoms with E-state index >= 15 is 0 Å². The van der Waals surface area contributed by atoms with Gasteiger partial charge in [0.1, 0.15) is 5.75 Å². The molecule has 0 aliphatic heterocycles. The van der Waals surface area contributed by atoms with Crippen molar-refractivity contribution in [1.29, 1.82) is 0 Å². The van der Waals surface area contributed by atoms with Crippen molar-refractivity contribution in [2.24, 2.45) is 5.73 Å². The Morgan fingerprint density at radius 1 is 1.40 bits per heavy atom. The van der Waals surface area contributed by atoms with Crippen molar-refractivity contribution in [2.45, 2.75) is 39.7 Å². The maximum atomic E-state index is 5.69. The molecule has 1 aromatic rings. The quantitative estimate of drug-likeness (QED) is 0.730. The molecule has 0 amide bonds. The van der Waals surface area contributed by atoms with Crippen LogP contribution in [0.25, 0.3) is 0 Å². The molecule has 84 valence electrons. The van der Waals surface area contributed by atoms with Crippen LogP contribution in [0.4, 0.5) is 0 Å². The monoisotopic (exact) mass is 208 g/mol. The summed E-state index contributed by atoms with van der Waals surface area (Å²) >= 11 is 0. The van der Waals surface area contributed by atoms with E-state index in [-0.39, 0.29) is 0 Å². The number of ether oxygens (including phenoxy) is 1. The third-order valence-electron chi connectivity index (χ3n) is 2.31. The number of nitrogens with zero attached hydrogens (tertiary/aromatic N) is 1. The number of hydrogen-bond acceptors (Lipinski definition) is 3. The molecule has 0 fully saturated rings. The van der Waals surface area contributed by atoms with E-state index in [9.17, 15) is 0 Å². The number of pyridine rings is 1. The highest BCUT2D eigenvalue weighted by molar-refractivity contribution is 5.32. The van der Waals surface area contributed by atoms with Crippen LogP contribution in [0.2, 0.25) is 0 Å². The molecule has 3 heteroatoms. The zero-order valence-electron chi connectivity index (χ0n) is 9.62. The zero-order valence-corrected chi connectivity index (χ0v) is 9.62. The van der Waals surface area contributed by atoms with Crippen molar-refractivity contribution >= 4 is 0 Å². The molecule has 3 nitrogen and oxygen atoms in total. The summed E-state index contributed by atoms with van der Waals surface area (Å²) in [4.78, 5) is 4.20. The summed E-state index contributed by atoms with van der Waals surface area (Å²) in [5.41, 5.74) is 7.56. The van der Waals surface area contributed by atoms with Crippen LogP contribution in [0.3, 0.4) is 0 Å². The summed E-state index contributed by atoms with van der Waals surface area (Å²) in [6.45, 7) is 5.39. The van der Waals surface area contributed by atoms with E-state index in [1.165, 1.54) is 12.8 Å². The summed E-state index contributed by atoms with van der Waals surface area (Å²) in [7, 11) is 0. The Bertz CT molecular complexity index is 300. The predicted molar refractivity (Wildman–Crippen MR) is 61.9 cm³/mol. The number of aromatic nitrogens is 1. The highest BCUT2D eigenvalue weighted by atomic mass is 16.5. The van der Waals surface area contributed by atoms with Crippen molar-refractivity contribution < 1.29 is 4.74 Å². The molecule has 2 N–H and O–H groups in total. The van der Waals surface area contributed by atoms with E-state index in [0.717, 1.165) is 30.0 Å². The van der Waals surface area contributed by atoms with Gasteiger partial charge in [0.25, 0.3) is 0 Å². The van der Waals surface area contributed by atoms with Crippen LogP contribution in [0.5, 0.6) is 5.75 Å². The molecule has 1 rings (SSSR count). The minimum atomic E-state index is 0.483. The first kappa shape index (κ1) is 12.0. The maximum Gasteiger partial charge on any atom is 0.127 e. The maximum absolute atomic E-state index is 5.69. The van der Waals surface area contributed by atoms with Crippen LogP contribution in [-0.2, 0) is 6.54 Å². The van der Waals surface area contributed by atoms with Crippen LogP contribution in [0.1, 0.15) is 37.4 Å². The molecule has 0 radical (unpaired) electrons. The molecular weight excluding hydrogens is 188 g/mol. The van der Waals surface area contributed by atoms with Gasteiger partial charge in [-0.25, -0.2) is 0 Å². The Morgan fingerprint density at radius 2 is 2.20 bits per heavy atom. The molecule has 0 spiro atoms. The van der Waals surface area contributed by atoms with Crippen LogP contribution >= 0.6 is 0 Å². The van der Waals surface area contributed by atoms with Crippen LogP contribution in [0, 0.1) is 6.92 Å². The van der Waals surface area contributed by atoms with E-state index in [0.29, 0.717) is 6.54 Å². The van der Waals surface area contributed by atoms with Crippen LogP contribution in [0.15, 0.2) is 12.3 Å². The molecule has 0 atom stereocenters. The molecule has 0 aliphatic carbocycles. The Morgan fingerprint density at radius 3 is 2.87 bits per heavy atom. The van der Waals surface area contributed by atoms with Crippen molar-refractivity contribution in [3.63, 3.8) is 0 Å². The summed E-state index contributed by atoms with van der Waals surface area (Å²) in [5.74, 6) is 0.890. The van der Waals surface area contributed by atoms with Gasteiger partial charge in [-0.2, -0.15) is 0 Å². The molecule has 0 bridgehead atoms. The van der Waals surface area contributed by atoms with Crippen LogP contribution < -0.4 is 10.5 Å². The summed E-state index contributed by atoms with van der Waals surface area (Å²) < 4.78 is 5.69. The van der Waals surface area contributed by atoms with Crippen molar-refractivity contribution in [2.75, 3.05) is 6.61 Å². The highest BCUT2D eigenvalue weighted by Gasteiger charge is 2.02. The lowest BCUT2D eigenvalue weighted by Gasteiger charge is -2.10. The topological polar surface area (TPSA) is 48.1 Å². The normalized spacial score (nSPS) is 10.3. The Hall–Kier alpha value is -1.09. The van der Waals surface area contributed by atoms with Crippen molar-refractivity contribution in [1.82, 2.24) is 4.98 Å². The molecule has 0 aliphatic rings. The van der Waals surface area contributed by atoms with Gasteiger partial charge >= 0.3 is 0 Å². The SMILES string of the molecule is CCCCCOc1cc(C)ncc1CN. The smallest absolute Gasteiger partial charge is 0.127 e. The average molecular weight is 208 g/mol. The van der Waals surface area contributed by atoms with E-state index in [2.05, 4.69) is 11.9 Å². The predicted octanol–water partition coefficient (Wildman–Crippen LogP) is 2.42. The zero-order chi connectivity index (χ0) is 11.1. The van der Waals surface area contributed by atoms with Gasteiger partial charge in [-0.05, 0) is 13.3 Å². The first-order chi connectivity index (χ1) is 7.27. The lowest BCUT2D eigenvalue weighted by molar-refractivity contribution is 0.302. The van der Waals surface area contributed by atoms with Gasteiger partial charge in [0.05, 0.1) is 6.61 Å². The fraction of sp³-hybridized carbons (Fsp3) is 0.583. The first-order valence-corrected chi connectivity index (χ1v) is 5.56. The fourth-order valence-electron chi connectivity index (χ4n) is 1.38. The van der Waals surface area contributed by atoms with Gasteiger partial charge in [0, 0.05) is 30.1 Å². The minimum absolute atomic E-state index is 0.483. The molecule has 1 heterocycles. The summed E-state index contributed by atoms with van der Waals surface area (Å²) in [6.07, 6.45) is 5.32. The van der Waals surface area contributed by atoms with Crippen molar-refractivity contribution in [3.05, 3.63) is 23.5 Å². The Balaban J connectivity index is 2.54. The Kier molecular flexibility index (Phi) is 5.12. The minimum Gasteiger partial charge on any atom is -0.493 e. The number of unbranched alkanes of at least 4 members (excludes halogenated alkanes) is 2.